The highest BCUT2D eigenvalue weighted by Gasteiger charge is 2.19. The fraction of sp³-hybridized carbons (Fsp3) is 0.700. The van der Waals surface area contributed by atoms with Crippen LogP contribution >= 0.6 is 0 Å². The Morgan fingerprint density at radius 3 is 2.50 bits per heavy atom. The molecule has 0 bridgehead atoms. The first-order chi connectivity index (χ1) is 12.6. The molecule has 0 saturated heterocycles. The molecule has 1 saturated carbocycles. The third-order valence-electron chi connectivity index (χ3n) is 4.73. The number of rotatable bonds is 10. The molecule has 0 unspecified atom stereocenters. The van der Waals surface area contributed by atoms with E-state index < -0.39 is 0 Å². The standard InChI is InChI=1S/C20H34N4O2/c1-3-10-24(11-4-2)17-14-18(21)23-19(15-17)25-12-13-26-20(22)16-8-6-5-7-9-16/h14-16,22H,3-13H2,1-2H3,(H2,21,23). The van der Waals surface area contributed by atoms with E-state index in [1.54, 1.807) is 0 Å². The van der Waals surface area contributed by atoms with E-state index in [4.69, 9.17) is 20.6 Å². The molecule has 6 heteroatoms. The zero-order valence-corrected chi connectivity index (χ0v) is 16.3. The number of anilines is 2. The molecule has 0 spiro atoms. The average molecular weight is 363 g/mol. The second kappa shape index (κ2) is 10.9. The topological polar surface area (TPSA) is 84.5 Å². The van der Waals surface area contributed by atoms with E-state index in [-0.39, 0.29) is 5.92 Å². The normalized spacial score (nSPS) is 14.8. The predicted molar refractivity (Wildman–Crippen MR) is 107 cm³/mol. The number of nitrogens with one attached hydrogen (secondary N) is 1. The summed E-state index contributed by atoms with van der Waals surface area (Å²) in [6, 6.07) is 3.83. The Kier molecular flexibility index (Phi) is 8.51. The molecular formula is C20H34N4O2. The van der Waals surface area contributed by atoms with Crippen LogP contribution in [0.3, 0.4) is 0 Å². The van der Waals surface area contributed by atoms with Crippen molar-refractivity contribution >= 4 is 17.4 Å². The summed E-state index contributed by atoms with van der Waals surface area (Å²) in [5, 5.41) is 8.06. The Morgan fingerprint density at radius 1 is 1.15 bits per heavy atom. The van der Waals surface area contributed by atoms with E-state index >= 15 is 0 Å². The van der Waals surface area contributed by atoms with Gasteiger partial charge < -0.3 is 20.1 Å². The van der Waals surface area contributed by atoms with Gasteiger partial charge in [-0.05, 0) is 25.7 Å². The lowest BCUT2D eigenvalue weighted by Crippen LogP contribution is -2.25. The monoisotopic (exact) mass is 362 g/mol. The molecule has 1 aromatic rings. The highest BCUT2D eigenvalue weighted by atomic mass is 16.5. The van der Waals surface area contributed by atoms with Crippen molar-refractivity contribution in [1.29, 1.82) is 5.41 Å². The Bertz CT molecular complexity index is 553. The molecule has 3 N–H and O–H groups in total. The van der Waals surface area contributed by atoms with Crippen molar-refractivity contribution in [1.82, 2.24) is 4.98 Å². The predicted octanol–water partition coefficient (Wildman–Crippen LogP) is 4.24. The van der Waals surface area contributed by atoms with Crippen LogP contribution in [0.1, 0.15) is 58.8 Å². The average Bonchev–Trinajstić information content (AvgIpc) is 2.65. The molecule has 1 aromatic heterocycles. The van der Waals surface area contributed by atoms with E-state index in [0.717, 1.165) is 44.5 Å². The third-order valence-corrected chi connectivity index (χ3v) is 4.73. The molecule has 6 nitrogen and oxygen atoms in total. The number of nitrogens with zero attached hydrogens (tertiary/aromatic N) is 2. The molecule has 1 aliphatic carbocycles. The zero-order chi connectivity index (χ0) is 18.8. The minimum atomic E-state index is 0.289. The number of aromatic nitrogens is 1. The molecule has 1 fully saturated rings. The van der Waals surface area contributed by atoms with Crippen LogP contribution in [0.25, 0.3) is 0 Å². The van der Waals surface area contributed by atoms with Crippen LogP contribution in [-0.2, 0) is 4.74 Å². The Morgan fingerprint density at radius 2 is 1.85 bits per heavy atom. The Labute approximate surface area is 157 Å². The van der Waals surface area contributed by atoms with Gasteiger partial charge in [0.05, 0.1) is 0 Å². The first-order valence-corrected chi connectivity index (χ1v) is 10.0. The lowest BCUT2D eigenvalue weighted by Gasteiger charge is -2.24. The molecule has 1 heterocycles. The number of nitrogen functional groups attached to an aromatic ring is 1. The molecule has 0 atom stereocenters. The summed E-state index contributed by atoms with van der Waals surface area (Å²) in [4.78, 5) is 6.57. The van der Waals surface area contributed by atoms with Crippen molar-refractivity contribution in [2.24, 2.45) is 5.92 Å². The van der Waals surface area contributed by atoms with Gasteiger partial charge in [0, 0.05) is 36.8 Å². The number of ether oxygens (including phenoxy) is 2. The van der Waals surface area contributed by atoms with Crippen LogP contribution in [0, 0.1) is 11.3 Å². The lowest BCUT2D eigenvalue weighted by molar-refractivity contribution is 0.188. The lowest BCUT2D eigenvalue weighted by atomic mass is 9.89. The first-order valence-electron chi connectivity index (χ1n) is 10.0. The molecule has 0 amide bonds. The maximum absolute atomic E-state index is 8.06. The number of hydrogen-bond donors (Lipinski definition) is 2. The SMILES string of the molecule is CCCN(CCC)c1cc(N)nc(OCCOC(=N)C2CCCCC2)c1. The highest BCUT2D eigenvalue weighted by Crippen LogP contribution is 2.25. The molecular weight excluding hydrogens is 328 g/mol. The van der Waals surface area contributed by atoms with Gasteiger partial charge >= 0.3 is 0 Å². The van der Waals surface area contributed by atoms with E-state index in [0.29, 0.717) is 30.8 Å². The van der Waals surface area contributed by atoms with Gasteiger partial charge in [0.15, 0.2) is 5.90 Å². The summed E-state index contributed by atoms with van der Waals surface area (Å²) >= 11 is 0. The van der Waals surface area contributed by atoms with Crippen LogP contribution in [-0.4, -0.2) is 37.2 Å². The Balaban J connectivity index is 1.83. The van der Waals surface area contributed by atoms with Gasteiger partial charge in [-0.15, -0.1) is 0 Å². The van der Waals surface area contributed by atoms with Crippen LogP contribution in [0.4, 0.5) is 11.5 Å². The first kappa shape index (κ1) is 20.3. The number of nitrogens with two attached hydrogens (primary N) is 1. The van der Waals surface area contributed by atoms with E-state index in [1.165, 1.54) is 19.3 Å². The molecule has 146 valence electrons. The maximum atomic E-state index is 8.06. The summed E-state index contributed by atoms with van der Waals surface area (Å²) in [5.41, 5.74) is 7.00. The third kappa shape index (κ3) is 6.39. The van der Waals surface area contributed by atoms with Gasteiger partial charge in [0.1, 0.15) is 19.0 Å². The molecule has 26 heavy (non-hydrogen) atoms. The molecule has 2 rings (SSSR count). The highest BCUT2D eigenvalue weighted by molar-refractivity contribution is 5.75. The quantitative estimate of drug-likeness (QED) is 0.369. The van der Waals surface area contributed by atoms with Gasteiger partial charge in [-0.25, -0.2) is 0 Å². The maximum Gasteiger partial charge on any atom is 0.217 e. The van der Waals surface area contributed by atoms with Crippen LogP contribution in [0.15, 0.2) is 12.1 Å². The van der Waals surface area contributed by atoms with Gasteiger partial charge in [-0.3, -0.25) is 5.41 Å². The van der Waals surface area contributed by atoms with Crippen molar-refractivity contribution in [3.8, 4) is 5.88 Å². The second-order valence-corrected chi connectivity index (χ2v) is 6.97. The van der Waals surface area contributed by atoms with E-state index in [1.807, 2.05) is 12.1 Å². The molecule has 0 aliphatic heterocycles. The molecule has 0 radical (unpaired) electrons. The van der Waals surface area contributed by atoms with Crippen molar-refractivity contribution in [2.75, 3.05) is 36.9 Å². The number of hydrogen-bond acceptors (Lipinski definition) is 6. The smallest absolute Gasteiger partial charge is 0.217 e. The van der Waals surface area contributed by atoms with Gasteiger partial charge in [0.2, 0.25) is 5.88 Å². The summed E-state index contributed by atoms with van der Waals surface area (Å²) in [7, 11) is 0. The second-order valence-electron chi connectivity index (χ2n) is 6.97. The molecule has 0 aromatic carbocycles. The van der Waals surface area contributed by atoms with Crippen LogP contribution in [0.5, 0.6) is 5.88 Å². The van der Waals surface area contributed by atoms with Crippen molar-refractivity contribution in [3.05, 3.63) is 12.1 Å². The van der Waals surface area contributed by atoms with Crippen LogP contribution < -0.4 is 15.4 Å². The van der Waals surface area contributed by atoms with E-state index in [2.05, 4.69) is 23.7 Å². The van der Waals surface area contributed by atoms with Crippen molar-refractivity contribution in [3.63, 3.8) is 0 Å². The number of pyridine rings is 1. The summed E-state index contributed by atoms with van der Waals surface area (Å²) in [6.07, 6.45) is 7.99. The van der Waals surface area contributed by atoms with Gasteiger partial charge in [-0.2, -0.15) is 4.98 Å². The van der Waals surface area contributed by atoms with Crippen molar-refractivity contribution in [2.45, 2.75) is 58.8 Å². The zero-order valence-electron chi connectivity index (χ0n) is 16.3. The minimum Gasteiger partial charge on any atom is -0.477 e. The van der Waals surface area contributed by atoms with Gasteiger partial charge in [0.25, 0.3) is 0 Å². The van der Waals surface area contributed by atoms with Gasteiger partial charge in [-0.1, -0.05) is 33.1 Å². The fourth-order valence-electron chi connectivity index (χ4n) is 3.46. The van der Waals surface area contributed by atoms with Crippen molar-refractivity contribution < 1.29 is 9.47 Å². The summed E-state index contributed by atoms with van der Waals surface area (Å²) in [5.74, 6) is 1.68. The minimum absolute atomic E-state index is 0.289. The largest absolute Gasteiger partial charge is 0.477 e. The summed E-state index contributed by atoms with van der Waals surface area (Å²) in [6.45, 7) is 7.05. The molecule has 1 aliphatic rings. The van der Waals surface area contributed by atoms with E-state index in [9.17, 15) is 0 Å². The fourth-order valence-corrected chi connectivity index (χ4v) is 3.46. The summed E-state index contributed by atoms with van der Waals surface area (Å²) < 4.78 is 11.3. The Hall–Kier alpha value is -1.98. The van der Waals surface area contributed by atoms with Crippen LogP contribution in [0.2, 0.25) is 0 Å².